The van der Waals surface area contributed by atoms with Crippen molar-refractivity contribution in [3.8, 4) is 0 Å². The van der Waals surface area contributed by atoms with Gasteiger partial charge in [0, 0.05) is 34.2 Å². The number of aromatic nitrogens is 1. The predicted octanol–water partition coefficient (Wildman–Crippen LogP) is 6.62. The summed E-state index contributed by atoms with van der Waals surface area (Å²) in [4.78, 5) is 0. The number of para-hydroxylation sites is 1. The summed E-state index contributed by atoms with van der Waals surface area (Å²) in [6.45, 7) is 1.47. The maximum absolute atomic E-state index is 5.95. The molecule has 31 heavy (non-hydrogen) atoms. The fraction of sp³-hybridized carbons (Fsp3) is 0.0741. The van der Waals surface area contributed by atoms with E-state index in [1.165, 1.54) is 27.2 Å². The van der Waals surface area contributed by atoms with Gasteiger partial charge in [0.1, 0.15) is 0 Å². The minimum absolute atomic E-state index is 0.655. The molecule has 0 saturated heterocycles. The van der Waals surface area contributed by atoms with Crippen LogP contribution in [-0.4, -0.2) is 10.8 Å². The molecule has 5 rings (SSSR count). The molecule has 4 aromatic carbocycles. The van der Waals surface area contributed by atoms with Crippen LogP contribution in [-0.2, 0) is 13.1 Å². The Bertz CT molecular complexity index is 1360. The summed E-state index contributed by atoms with van der Waals surface area (Å²) in [6.07, 6.45) is 4.08. The van der Waals surface area contributed by atoms with E-state index in [-0.39, 0.29) is 0 Å². The molecule has 3 nitrogen and oxygen atoms in total. The van der Waals surface area contributed by atoms with Crippen LogP contribution in [0.1, 0.15) is 16.7 Å². The maximum Gasteiger partial charge on any atom is 0.0580 e. The molecule has 1 N–H and O–H groups in total. The normalized spacial score (nSPS) is 11.5. The number of hydrogen-bond acceptors (Lipinski definition) is 2. The molecule has 1 aromatic heterocycles. The van der Waals surface area contributed by atoms with Crippen molar-refractivity contribution < 1.29 is 0 Å². The largest absolute Gasteiger partial charge is 0.342 e. The fourth-order valence-corrected chi connectivity index (χ4v) is 4.10. The van der Waals surface area contributed by atoms with Gasteiger partial charge in [0.25, 0.3) is 0 Å². The molecule has 0 bridgehead atoms. The van der Waals surface area contributed by atoms with E-state index in [0.717, 1.165) is 22.7 Å². The van der Waals surface area contributed by atoms with Crippen molar-refractivity contribution in [2.24, 2.45) is 5.10 Å². The van der Waals surface area contributed by atoms with Crippen molar-refractivity contribution in [3.63, 3.8) is 0 Å². The Morgan fingerprint density at radius 2 is 1.55 bits per heavy atom. The van der Waals surface area contributed by atoms with Crippen molar-refractivity contribution in [2.75, 3.05) is 0 Å². The molecule has 0 aliphatic rings. The lowest BCUT2D eigenvalue weighted by Crippen LogP contribution is -2.05. The number of fused-ring (bicyclic) bond motifs is 2. The van der Waals surface area contributed by atoms with E-state index in [1.54, 1.807) is 0 Å². The van der Waals surface area contributed by atoms with Crippen LogP contribution in [0.3, 0.4) is 0 Å². The van der Waals surface area contributed by atoms with Crippen LogP contribution < -0.4 is 5.43 Å². The zero-order valence-electron chi connectivity index (χ0n) is 17.0. The first-order valence-corrected chi connectivity index (χ1v) is 10.7. The van der Waals surface area contributed by atoms with Gasteiger partial charge >= 0.3 is 0 Å². The van der Waals surface area contributed by atoms with E-state index in [2.05, 4.69) is 88.0 Å². The second-order valence-corrected chi connectivity index (χ2v) is 8.02. The average Bonchev–Trinajstić information content (AvgIpc) is 3.16. The SMILES string of the molecule is Clc1ccc(CN/N=C\c2cn(Cc3cccc4ccccc34)c3ccccc23)cc1. The Morgan fingerprint density at radius 3 is 2.42 bits per heavy atom. The summed E-state index contributed by atoms with van der Waals surface area (Å²) in [5.41, 5.74) is 7.88. The molecule has 0 amide bonds. The van der Waals surface area contributed by atoms with Crippen molar-refractivity contribution >= 4 is 39.5 Å². The molecule has 0 radical (unpaired) electrons. The number of nitrogens with zero attached hydrogens (tertiary/aromatic N) is 2. The molecular weight excluding hydrogens is 402 g/mol. The van der Waals surface area contributed by atoms with E-state index >= 15 is 0 Å². The molecule has 0 atom stereocenters. The van der Waals surface area contributed by atoms with E-state index in [1.807, 2.05) is 30.5 Å². The third-order valence-electron chi connectivity index (χ3n) is 5.53. The quantitative estimate of drug-likeness (QED) is 0.241. The molecule has 5 aromatic rings. The van der Waals surface area contributed by atoms with Crippen LogP contribution in [0, 0.1) is 0 Å². The number of hydrogen-bond donors (Lipinski definition) is 1. The average molecular weight is 424 g/mol. The second-order valence-electron chi connectivity index (χ2n) is 7.59. The molecule has 1 heterocycles. The Balaban J connectivity index is 1.41. The first-order valence-electron chi connectivity index (χ1n) is 10.3. The first kappa shape index (κ1) is 19.4. The predicted molar refractivity (Wildman–Crippen MR) is 131 cm³/mol. The number of benzene rings is 4. The van der Waals surface area contributed by atoms with E-state index in [9.17, 15) is 0 Å². The monoisotopic (exact) mass is 423 g/mol. The van der Waals surface area contributed by atoms with Crippen molar-refractivity contribution in [3.05, 3.63) is 119 Å². The van der Waals surface area contributed by atoms with Crippen LogP contribution in [0.25, 0.3) is 21.7 Å². The first-order chi connectivity index (χ1) is 15.3. The summed E-state index contributed by atoms with van der Waals surface area (Å²) in [6, 6.07) is 31.3. The maximum atomic E-state index is 5.95. The van der Waals surface area contributed by atoms with E-state index < -0.39 is 0 Å². The van der Waals surface area contributed by atoms with Gasteiger partial charge in [-0.3, -0.25) is 0 Å². The summed E-state index contributed by atoms with van der Waals surface area (Å²) < 4.78 is 2.30. The van der Waals surface area contributed by atoms with E-state index in [0.29, 0.717) is 6.54 Å². The number of hydrazone groups is 1. The van der Waals surface area contributed by atoms with Crippen LogP contribution in [0.5, 0.6) is 0 Å². The topological polar surface area (TPSA) is 29.3 Å². The summed E-state index contributed by atoms with van der Waals surface area (Å²) in [7, 11) is 0. The molecule has 4 heteroatoms. The smallest absolute Gasteiger partial charge is 0.0580 e. The van der Waals surface area contributed by atoms with Crippen molar-refractivity contribution in [1.82, 2.24) is 9.99 Å². The highest BCUT2D eigenvalue weighted by Gasteiger charge is 2.08. The van der Waals surface area contributed by atoms with Gasteiger partial charge in [-0.05, 0) is 40.1 Å². The minimum Gasteiger partial charge on any atom is -0.342 e. The molecule has 0 spiro atoms. The van der Waals surface area contributed by atoms with Gasteiger partial charge in [-0.25, -0.2) is 0 Å². The van der Waals surface area contributed by atoms with E-state index in [4.69, 9.17) is 11.6 Å². The molecule has 152 valence electrons. The van der Waals surface area contributed by atoms with Gasteiger partial charge in [0.15, 0.2) is 0 Å². The Morgan fingerprint density at radius 1 is 0.806 bits per heavy atom. The highest BCUT2D eigenvalue weighted by molar-refractivity contribution is 6.30. The summed E-state index contributed by atoms with van der Waals surface area (Å²) >= 11 is 5.95. The summed E-state index contributed by atoms with van der Waals surface area (Å²) in [5.74, 6) is 0. The molecule has 0 unspecified atom stereocenters. The molecule has 0 fully saturated rings. The van der Waals surface area contributed by atoms with Crippen molar-refractivity contribution in [1.29, 1.82) is 0 Å². The summed E-state index contributed by atoms with van der Waals surface area (Å²) in [5, 5.41) is 8.96. The van der Waals surface area contributed by atoms with Gasteiger partial charge in [-0.15, -0.1) is 0 Å². The van der Waals surface area contributed by atoms with Crippen LogP contribution >= 0.6 is 11.6 Å². The Hall–Kier alpha value is -3.56. The van der Waals surface area contributed by atoms with Crippen LogP contribution in [0.2, 0.25) is 5.02 Å². The van der Waals surface area contributed by atoms with Crippen LogP contribution in [0.4, 0.5) is 0 Å². The zero-order valence-corrected chi connectivity index (χ0v) is 17.8. The second kappa shape index (κ2) is 8.66. The lowest BCUT2D eigenvalue weighted by atomic mass is 10.0. The van der Waals surface area contributed by atoms with Gasteiger partial charge in [-0.1, -0.05) is 84.4 Å². The number of halogens is 1. The highest BCUT2D eigenvalue weighted by Crippen LogP contribution is 2.24. The lowest BCUT2D eigenvalue weighted by Gasteiger charge is -2.09. The fourth-order valence-electron chi connectivity index (χ4n) is 3.98. The van der Waals surface area contributed by atoms with Crippen LogP contribution in [0.15, 0.2) is 102 Å². The number of rotatable bonds is 6. The van der Waals surface area contributed by atoms with Crippen molar-refractivity contribution in [2.45, 2.75) is 13.1 Å². The van der Waals surface area contributed by atoms with Gasteiger partial charge in [-0.2, -0.15) is 5.10 Å². The minimum atomic E-state index is 0.655. The zero-order chi connectivity index (χ0) is 21.0. The Labute approximate surface area is 186 Å². The van der Waals surface area contributed by atoms with Gasteiger partial charge in [0.05, 0.1) is 12.8 Å². The molecule has 0 aliphatic heterocycles. The molecular formula is C27H22ClN3. The van der Waals surface area contributed by atoms with Gasteiger partial charge in [0.2, 0.25) is 0 Å². The standard InChI is InChI=1S/C27H22ClN3/c28-24-14-12-20(13-15-24)16-29-30-17-23-19-31(27-11-4-3-10-26(23)27)18-22-8-5-7-21-6-1-2-9-25(21)22/h1-15,17,19,29H,16,18H2/b30-17-. The Kier molecular flexibility index (Phi) is 5.42. The lowest BCUT2D eigenvalue weighted by molar-refractivity contribution is 0.748. The highest BCUT2D eigenvalue weighted by atomic mass is 35.5. The third-order valence-corrected chi connectivity index (χ3v) is 5.78. The van der Waals surface area contributed by atoms with Gasteiger partial charge < -0.3 is 9.99 Å². The molecule has 0 saturated carbocycles. The molecule has 0 aliphatic carbocycles. The number of nitrogens with one attached hydrogen (secondary N) is 1. The third kappa shape index (κ3) is 4.18.